The van der Waals surface area contributed by atoms with E-state index in [0.29, 0.717) is 13.0 Å². The van der Waals surface area contributed by atoms with Crippen molar-refractivity contribution in [2.75, 3.05) is 20.1 Å². The molecule has 1 aliphatic heterocycles. The summed E-state index contributed by atoms with van der Waals surface area (Å²) < 4.78 is 0. The van der Waals surface area contributed by atoms with Gasteiger partial charge in [-0.15, -0.1) is 12.3 Å². The lowest BCUT2D eigenvalue weighted by Gasteiger charge is -2.22. The Kier molecular flexibility index (Phi) is 7.61. The summed E-state index contributed by atoms with van der Waals surface area (Å²) in [5, 5.41) is 5.23. The number of likely N-dealkylation sites (tertiary alicyclic amines) is 1. The van der Waals surface area contributed by atoms with Gasteiger partial charge in [-0.1, -0.05) is 6.92 Å². The molecule has 122 valence electrons. The number of nitrogens with zero attached hydrogens (tertiary/aromatic N) is 1. The number of hydrogen-bond acceptors (Lipinski definition) is 4. The fourth-order valence-electron chi connectivity index (χ4n) is 2.49. The third-order valence-electron chi connectivity index (χ3n) is 3.79. The van der Waals surface area contributed by atoms with Gasteiger partial charge in [0.05, 0.1) is 12.1 Å². The van der Waals surface area contributed by atoms with Crippen LogP contribution in [0.4, 0.5) is 0 Å². The molecular formula is C16H25N3O3. The van der Waals surface area contributed by atoms with Crippen LogP contribution in [0.25, 0.3) is 0 Å². The number of terminal acetylenes is 1. The minimum atomic E-state index is -0.852. The van der Waals surface area contributed by atoms with Crippen molar-refractivity contribution in [3.8, 4) is 12.3 Å². The van der Waals surface area contributed by atoms with Gasteiger partial charge in [-0.2, -0.15) is 0 Å². The van der Waals surface area contributed by atoms with Crippen LogP contribution in [0.5, 0.6) is 0 Å². The standard InChI is InChI=1S/C16H25N3O3/c1-4-6-8-12(14(20)16(22)17-10-5-2)18-15(21)13-9-7-11-19(13)3/h1,12-13H,5-11H2,2-3H3,(H,17,22)(H,18,21). The molecule has 6 nitrogen and oxygen atoms in total. The number of carbonyl (C=O) groups is 3. The maximum Gasteiger partial charge on any atom is 0.289 e. The van der Waals surface area contributed by atoms with Crippen LogP contribution in [-0.4, -0.2) is 54.7 Å². The maximum atomic E-state index is 12.3. The topological polar surface area (TPSA) is 78.5 Å². The second-order valence-electron chi connectivity index (χ2n) is 5.56. The summed E-state index contributed by atoms with van der Waals surface area (Å²) in [7, 11) is 1.88. The highest BCUT2D eigenvalue weighted by Gasteiger charge is 2.32. The highest BCUT2D eigenvalue weighted by Crippen LogP contribution is 2.15. The van der Waals surface area contributed by atoms with Gasteiger partial charge in [0.25, 0.3) is 5.91 Å². The van der Waals surface area contributed by atoms with Crippen LogP contribution in [0, 0.1) is 12.3 Å². The van der Waals surface area contributed by atoms with Gasteiger partial charge >= 0.3 is 0 Å². The number of carbonyl (C=O) groups excluding carboxylic acids is 3. The summed E-state index contributed by atoms with van der Waals surface area (Å²) in [6, 6.07) is -1.09. The van der Waals surface area contributed by atoms with E-state index >= 15 is 0 Å². The van der Waals surface area contributed by atoms with Crippen molar-refractivity contribution in [3.63, 3.8) is 0 Å². The summed E-state index contributed by atoms with van der Waals surface area (Å²) in [6.45, 7) is 3.20. The molecule has 1 saturated heterocycles. The number of hydrogen-bond donors (Lipinski definition) is 2. The van der Waals surface area contributed by atoms with Crippen LogP contribution >= 0.6 is 0 Å². The van der Waals surface area contributed by atoms with Gasteiger partial charge in [0.2, 0.25) is 11.7 Å². The molecule has 0 spiro atoms. The zero-order valence-corrected chi connectivity index (χ0v) is 13.4. The van der Waals surface area contributed by atoms with Crippen molar-refractivity contribution in [1.82, 2.24) is 15.5 Å². The Labute approximate surface area is 132 Å². The quantitative estimate of drug-likeness (QED) is 0.491. The molecule has 0 saturated carbocycles. The average Bonchev–Trinajstić information content (AvgIpc) is 2.94. The lowest BCUT2D eigenvalue weighted by molar-refractivity contribution is -0.140. The van der Waals surface area contributed by atoms with Crippen molar-refractivity contribution < 1.29 is 14.4 Å². The molecule has 0 bridgehead atoms. The van der Waals surface area contributed by atoms with E-state index in [0.717, 1.165) is 25.8 Å². The summed E-state index contributed by atoms with van der Waals surface area (Å²) in [5.41, 5.74) is 0. The SMILES string of the molecule is C#CCCC(NC(=O)C1CCCN1C)C(=O)C(=O)NCCC. The van der Waals surface area contributed by atoms with Gasteiger partial charge in [-0.05, 0) is 39.3 Å². The lowest BCUT2D eigenvalue weighted by Crippen LogP contribution is -2.52. The molecule has 2 atom stereocenters. The minimum Gasteiger partial charge on any atom is -0.349 e. The van der Waals surface area contributed by atoms with Crippen molar-refractivity contribution in [2.24, 2.45) is 0 Å². The van der Waals surface area contributed by atoms with E-state index in [-0.39, 0.29) is 18.4 Å². The molecule has 0 radical (unpaired) electrons. The van der Waals surface area contributed by atoms with E-state index in [1.807, 2.05) is 18.9 Å². The Morgan fingerprint density at radius 3 is 2.68 bits per heavy atom. The normalized spacial score (nSPS) is 19.2. The van der Waals surface area contributed by atoms with Gasteiger partial charge in [0, 0.05) is 13.0 Å². The van der Waals surface area contributed by atoms with Crippen molar-refractivity contribution in [1.29, 1.82) is 0 Å². The predicted molar refractivity (Wildman–Crippen MR) is 84.0 cm³/mol. The Morgan fingerprint density at radius 2 is 2.14 bits per heavy atom. The minimum absolute atomic E-state index is 0.210. The third-order valence-corrected chi connectivity index (χ3v) is 3.79. The van der Waals surface area contributed by atoms with Gasteiger partial charge < -0.3 is 10.6 Å². The van der Waals surface area contributed by atoms with Crippen molar-refractivity contribution >= 4 is 17.6 Å². The molecule has 1 heterocycles. The van der Waals surface area contributed by atoms with E-state index in [1.165, 1.54) is 0 Å². The number of nitrogens with one attached hydrogen (secondary N) is 2. The van der Waals surface area contributed by atoms with Gasteiger partial charge in [-0.25, -0.2) is 0 Å². The average molecular weight is 307 g/mol. The largest absolute Gasteiger partial charge is 0.349 e. The highest BCUT2D eigenvalue weighted by molar-refractivity contribution is 6.38. The summed E-state index contributed by atoms with van der Waals surface area (Å²) in [4.78, 5) is 38.2. The number of likely N-dealkylation sites (N-methyl/N-ethyl adjacent to an activating group) is 1. The number of rotatable bonds is 8. The Bertz CT molecular complexity index is 456. The summed E-state index contributed by atoms with van der Waals surface area (Å²) in [6.07, 6.45) is 8.29. The second kappa shape index (κ2) is 9.21. The van der Waals surface area contributed by atoms with Crippen molar-refractivity contribution in [2.45, 2.75) is 51.1 Å². The maximum absolute atomic E-state index is 12.3. The molecule has 0 aromatic heterocycles. The van der Waals surface area contributed by atoms with Crippen LogP contribution in [-0.2, 0) is 14.4 Å². The fourth-order valence-corrected chi connectivity index (χ4v) is 2.49. The van der Waals surface area contributed by atoms with Gasteiger partial charge in [-0.3, -0.25) is 19.3 Å². The first-order valence-corrected chi connectivity index (χ1v) is 7.77. The molecule has 0 aromatic rings. The first kappa shape index (κ1) is 18.2. The second-order valence-corrected chi connectivity index (χ2v) is 5.56. The van der Waals surface area contributed by atoms with E-state index in [2.05, 4.69) is 16.6 Å². The Balaban J connectivity index is 2.67. The zero-order chi connectivity index (χ0) is 16.5. The molecule has 0 aromatic carbocycles. The highest BCUT2D eigenvalue weighted by atomic mass is 16.2. The summed E-state index contributed by atoms with van der Waals surface area (Å²) >= 11 is 0. The molecule has 0 aliphatic carbocycles. The molecular weight excluding hydrogens is 282 g/mol. The van der Waals surface area contributed by atoms with Crippen molar-refractivity contribution in [3.05, 3.63) is 0 Å². The van der Waals surface area contributed by atoms with E-state index in [4.69, 9.17) is 6.42 Å². The zero-order valence-electron chi connectivity index (χ0n) is 13.4. The Hall–Kier alpha value is -1.87. The van der Waals surface area contributed by atoms with Crippen LogP contribution in [0.3, 0.4) is 0 Å². The van der Waals surface area contributed by atoms with E-state index < -0.39 is 17.7 Å². The molecule has 1 aliphatic rings. The molecule has 2 N–H and O–H groups in total. The molecule has 1 fully saturated rings. The van der Waals surface area contributed by atoms with Crippen LogP contribution < -0.4 is 10.6 Å². The van der Waals surface area contributed by atoms with Crippen LogP contribution in [0.1, 0.15) is 39.0 Å². The molecule has 2 unspecified atom stereocenters. The summed E-state index contributed by atoms with van der Waals surface area (Å²) in [5.74, 6) is 0.941. The number of Topliss-reactive ketones (excluding diaryl/α,β-unsaturated/α-hetero) is 1. The fraction of sp³-hybridized carbons (Fsp3) is 0.688. The van der Waals surface area contributed by atoms with Crippen LogP contribution in [0.15, 0.2) is 0 Å². The molecule has 6 heteroatoms. The smallest absolute Gasteiger partial charge is 0.289 e. The van der Waals surface area contributed by atoms with Gasteiger partial charge in [0.15, 0.2) is 0 Å². The van der Waals surface area contributed by atoms with E-state index in [1.54, 1.807) is 0 Å². The molecule has 1 rings (SSSR count). The predicted octanol–water partition coefficient (Wildman–Crippen LogP) is 0.0741. The van der Waals surface area contributed by atoms with E-state index in [9.17, 15) is 14.4 Å². The van der Waals surface area contributed by atoms with Crippen LogP contribution in [0.2, 0.25) is 0 Å². The number of ketones is 1. The Morgan fingerprint density at radius 1 is 1.41 bits per heavy atom. The first-order valence-electron chi connectivity index (χ1n) is 7.77. The molecule has 2 amide bonds. The molecule has 22 heavy (non-hydrogen) atoms. The third kappa shape index (κ3) is 5.15. The lowest BCUT2D eigenvalue weighted by atomic mass is 10.0. The monoisotopic (exact) mass is 307 g/mol. The first-order chi connectivity index (χ1) is 10.5. The van der Waals surface area contributed by atoms with Gasteiger partial charge in [0.1, 0.15) is 0 Å². The number of amides is 2.